The van der Waals surface area contributed by atoms with E-state index in [2.05, 4.69) is 40.8 Å². The summed E-state index contributed by atoms with van der Waals surface area (Å²) >= 11 is 1.78. The highest BCUT2D eigenvalue weighted by atomic mass is 32.1. The lowest BCUT2D eigenvalue weighted by atomic mass is 10.2. The summed E-state index contributed by atoms with van der Waals surface area (Å²) in [7, 11) is 1.70. The molecule has 6 heteroatoms. The Morgan fingerprint density at radius 2 is 2.37 bits per heavy atom. The van der Waals surface area contributed by atoms with E-state index in [9.17, 15) is 0 Å². The molecule has 2 aromatic heterocycles. The normalized spacial score (nSPS) is 12.8. The van der Waals surface area contributed by atoms with Gasteiger partial charge in [-0.15, -0.1) is 21.5 Å². The maximum absolute atomic E-state index is 5.09. The molecule has 0 spiro atoms. The van der Waals surface area contributed by atoms with Gasteiger partial charge >= 0.3 is 0 Å². The Bertz CT molecular complexity index is 508. The fourth-order valence-electron chi connectivity index (χ4n) is 1.88. The van der Waals surface area contributed by atoms with E-state index in [1.807, 2.05) is 4.57 Å². The van der Waals surface area contributed by atoms with Crippen LogP contribution in [0.5, 0.6) is 0 Å². The Morgan fingerprint density at radius 1 is 1.53 bits per heavy atom. The summed E-state index contributed by atoms with van der Waals surface area (Å²) in [6.07, 6.45) is 1.75. The third-order valence-electron chi connectivity index (χ3n) is 3.11. The number of methoxy groups -OCH3 is 1. The third-order valence-corrected chi connectivity index (χ3v) is 4.13. The molecule has 0 aliphatic carbocycles. The van der Waals surface area contributed by atoms with Crippen molar-refractivity contribution in [3.05, 3.63) is 34.0 Å². The van der Waals surface area contributed by atoms with E-state index < -0.39 is 0 Å². The largest absolute Gasteiger partial charge is 0.383 e. The predicted octanol–water partition coefficient (Wildman–Crippen LogP) is 2.15. The fourth-order valence-corrected chi connectivity index (χ4v) is 2.74. The molecule has 2 aromatic rings. The van der Waals surface area contributed by atoms with Gasteiger partial charge in [0.1, 0.15) is 12.2 Å². The number of nitrogens with one attached hydrogen (secondary N) is 1. The summed E-state index contributed by atoms with van der Waals surface area (Å²) in [6, 6.07) is 2.31. The van der Waals surface area contributed by atoms with Crippen LogP contribution in [0.3, 0.4) is 0 Å². The number of aryl methyl sites for hydroxylation is 1. The average Bonchev–Trinajstić information content (AvgIpc) is 3.02. The summed E-state index contributed by atoms with van der Waals surface area (Å²) < 4.78 is 7.12. The number of thiophene rings is 1. The number of nitrogens with zero attached hydrogens (tertiary/aromatic N) is 3. The molecule has 104 valence electrons. The zero-order valence-electron chi connectivity index (χ0n) is 11.6. The highest BCUT2D eigenvalue weighted by Gasteiger charge is 2.13. The average molecular weight is 280 g/mol. The quantitative estimate of drug-likeness (QED) is 0.844. The SMILES string of the molecule is COCCn1cnnc1C(C)NCc1sccc1C. The van der Waals surface area contributed by atoms with E-state index in [1.54, 1.807) is 24.8 Å². The topological polar surface area (TPSA) is 52.0 Å². The van der Waals surface area contributed by atoms with Crippen molar-refractivity contribution in [1.82, 2.24) is 20.1 Å². The summed E-state index contributed by atoms with van der Waals surface area (Å²) in [5, 5.41) is 13.8. The van der Waals surface area contributed by atoms with Crippen molar-refractivity contribution >= 4 is 11.3 Å². The lowest BCUT2D eigenvalue weighted by molar-refractivity contribution is 0.185. The van der Waals surface area contributed by atoms with Crippen LogP contribution < -0.4 is 5.32 Å². The molecule has 5 nitrogen and oxygen atoms in total. The lowest BCUT2D eigenvalue weighted by Gasteiger charge is -2.14. The van der Waals surface area contributed by atoms with Crippen LogP contribution in [0.25, 0.3) is 0 Å². The number of hydrogen-bond donors (Lipinski definition) is 1. The smallest absolute Gasteiger partial charge is 0.149 e. The minimum atomic E-state index is 0.167. The van der Waals surface area contributed by atoms with Gasteiger partial charge in [0, 0.05) is 25.1 Å². The first-order valence-corrected chi connectivity index (χ1v) is 7.23. The molecular formula is C13H20N4OS. The Hall–Kier alpha value is -1.24. The van der Waals surface area contributed by atoms with Gasteiger partial charge in [-0.2, -0.15) is 0 Å². The number of hydrogen-bond acceptors (Lipinski definition) is 5. The van der Waals surface area contributed by atoms with Gasteiger partial charge in [-0.05, 0) is 30.9 Å². The fraction of sp³-hybridized carbons (Fsp3) is 0.538. The molecule has 0 aliphatic rings. The predicted molar refractivity (Wildman–Crippen MR) is 76.2 cm³/mol. The van der Waals surface area contributed by atoms with Gasteiger partial charge in [0.2, 0.25) is 0 Å². The standard InChI is InChI=1S/C13H20N4OS/c1-10-4-7-19-12(10)8-14-11(2)13-16-15-9-17(13)5-6-18-3/h4,7,9,11,14H,5-6,8H2,1-3H3. The Balaban J connectivity index is 1.94. The molecule has 0 aromatic carbocycles. The molecule has 0 amide bonds. The second-order valence-electron chi connectivity index (χ2n) is 4.50. The van der Waals surface area contributed by atoms with Crippen molar-refractivity contribution in [2.24, 2.45) is 0 Å². The van der Waals surface area contributed by atoms with Crippen LogP contribution in [-0.4, -0.2) is 28.5 Å². The van der Waals surface area contributed by atoms with Crippen molar-refractivity contribution in [2.45, 2.75) is 33.0 Å². The molecule has 2 heterocycles. The highest BCUT2D eigenvalue weighted by molar-refractivity contribution is 7.10. The number of aromatic nitrogens is 3. The minimum Gasteiger partial charge on any atom is -0.383 e. The third kappa shape index (κ3) is 3.62. The van der Waals surface area contributed by atoms with Gasteiger partial charge in [-0.3, -0.25) is 0 Å². The van der Waals surface area contributed by atoms with Crippen molar-refractivity contribution in [3.63, 3.8) is 0 Å². The minimum absolute atomic E-state index is 0.167. The maximum Gasteiger partial charge on any atom is 0.149 e. The van der Waals surface area contributed by atoms with Crippen molar-refractivity contribution in [3.8, 4) is 0 Å². The van der Waals surface area contributed by atoms with Crippen molar-refractivity contribution < 1.29 is 4.74 Å². The highest BCUT2D eigenvalue weighted by Crippen LogP contribution is 2.17. The van der Waals surface area contributed by atoms with Crippen LogP contribution in [0.2, 0.25) is 0 Å². The molecule has 0 saturated heterocycles. The van der Waals surface area contributed by atoms with E-state index in [-0.39, 0.29) is 6.04 Å². The Labute approximate surface area is 117 Å². The molecule has 1 N–H and O–H groups in total. The van der Waals surface area contributed by atoms with E-state index in [0.29, 0.717) is 6.61 Å². The summed E-state index contributed by atoms with van der Waals surface area (Å²) in [6.45, 7) is 6.56. The zero-order valence-corrected chi connectivity index (χ0v) is 12.4. The van der Waals surface area contributed by atoms with Crippen molar-refractivity contribution in [2.75, 3.05) is 13.7 Å². The molecule has 0 radical (unpaired) electrons. The molecule has 2 rings (SSSR count). The molecule has 1 unspecified atom stereocenters. The molecule has 0 bridgehead atoms. The Morgan fingerprint density at radius 3 is 3.05 bits per heavy atom. The van der Waals surface area contributed by atoms with Crippen LogP contribution in [0.4, 0.5) is 0 Å². The monoisotopic (exact) mass is 280 g/mol. The molecule has 0 saturated carbocycles. The van der Waals surface area contributed by atoms with E-state index in [4.69, 9.17) is 4.74 Å². The molecule has 1 atom stereocenters. The molecule has 0 aliphatic heterocycles. The van der Waals surface area contributed by atoms with E-state index >= 15 is 0 Å². The van der Waals surface area contributed by atoms with Gasteiger partial charge < -0.3 is 14.6 Å². The summed E-state index contributed by atoms with van der Waals surface area (Å²) in [4.78, 5) is 1.37. The van der Waals surface area contributed by atoms with Crippen LogP contribution >= 0.6 is 11.3 Å². The first-order valence-electron chi connectivity index (χ1n) is 6.35. The lowest BCUT2D eigenvalue weighted by Crippen LogP contribution is -2.22. The molecule has 19 heavy (non-hydrogen) atoms. The first-order chi connectivity index (χ1) is 9.22. The van der Waals surface area contributed by atoms with Gasteiger partial charge in [0.25, 0.3) is 0 Å². The number of rotatable bonds is 7. The van der Waals surface area contributed by atoms with Gasteiger partial charge in [0.15, 0.2) is 0 Å². The van der Waals surface area contributed by atoms with Crippen molar-refractivity contribution in [1.29, 1.82) is 0 Å². The van der Waals surface area contributed by atoms with E-state index in [1.165, 1.54) is 10.4 Å². The van der Waals surface area contributed by atoms with Gasteiger partial charge in [-0.25, -0.2) is 0 Å². The van der Waals surface area contributed by atoms with Crippen LogP contribution in [0.15, 0.2) is 17.8 Å². The van der Waals surface area contributed by atoms with Gasteiger partial charge in [-0.1, -0.05) is 0 Å². The second kappa shape index (κ2) is 6.79. The summed E-state index contributed by atoms with van der Waals surface area (Å²) in [5.74, 6) is 0.950. The molecule has 0 fully saturated rings. The van der Waals surface area contributed by atoms with Crippen LogP contribution in [0, 0.1) is 6.92 Å². The molecular weight excluding hydrogens is 260 g/mol. The summed E-state index contributed by atoms with van der Waals surface area (Å²) in [5.41, 5.74) is 1.34. The first kappa shape index (κ1) is 14.2. The zero-order chi connectivity index (χ0) is 13.7. The van der Waals surface area contributed by atoms with Crippen LogP contribution in [0.1, 0.15) is 29.2 Å². The Kier molecular flexibility index (Phi) is 5.07. The van der Waals surface area contributed by atoms with Crippen LogP contribution in [-0.2, 0) is 17.8 Å². The van der Waals surface area contributed by atoms with E-state index in [0.717, 1.165) is 18.9 Å². The maximum atomic E-state index is 5.09. The van der Waals surface area contributed by atoms with Gasteiger partial charge in [0.05, 0.1) is 12.6 Å². The number of ether oxygens (including phenoxy) is 1. The second-order valence-corrected chi connectivity index (χ2v) is 5.51.